The first kappa shape index (κ1) is 20.9. The van der Waals surface area contributed by atoms with Crippen molar-refractivity contribution in [3.05, 3.63) is 0 Å². The van der Waals surface area contributed by atoms with E-state index in [0.29, 0.717) is 25.7 Å². The molecule has 0 radical (unpaired) electrons. The zero-order chi connectivity index (χ0) is 17.9. The minimum atomic E-state index is -1.50. The largest absolute Gasteiger partial charge is 0.394 e. The highest BCUT2D eigenvalue weighted by atomic mass is 16.7. The Hall–Kier alpha value is -1.16. The summed E-state index contributed by atoms with van der Waals surface area (Å²) in [5.41, 5.74) is 0. The Kier molecular flexibility index (Phi) is 9.92. The van der Waals surface area contributed by atoms with Crippen molar-refractivity contribution in [1.29, 1.82) is 0 Å². The zero-order valence-electron chi connectivity index (χ0n) is 13.8. The van der Waals surface area contributed by atoms with Gasteiger partial charge in [0, 0.05) is 19.3 Å². The van der Waals surface area contributed by atoms with Crippen LogP contribution in [-0.4, -0.2) is 75.6 Å². The van der Waals surface area contributed by atoms with Gasteiger partial charge in [-0.05, 0) is 13.3 Å². The van der Waals surface area contributed by atoms with Crippen LogP contribution < -0.4 is 0 Å². The van der Waals surface area contributed by atoms with Crippen LogP contribution in [0.2, 0.25) is 0 Å². The SMILES string of the molecule is CC#CCCC#CCCC(CO)OC1OC(CO)C(O)C(O)C1O. The third-order valence-electron chi connectivity index (χ3n) is 3.65. The predicted octanol–water partition coefficient (Wildman–Crippen LogP) is -1.25. The molecule has 0 aromatic rings. The molecule has 1 saturated heterocycles. The van der Waals surface area contributed by atoms with Crippen LogP contribution in [0.4, 0.5) is 0 Å². The lowest BCUT2D eigenvalue weighted by Crippen LogP contribution is -2.59. The van der Waals surface area contributed by atoms with Gasteiger partial charge in [-0.1, -0.05) is 0 Å². The molecule has 1 fully saturated rings. The van der Waals surface area contributed by atoms with Gasteiger partial charge in [0.1, 0.15) is 24.4 Å². The van der Waals surface area contributed by atoms with Crippen molar-refractivity contribution in [2.75, 3.05) is 13.2 Å². The molecule has 0 aromatic heterocycles. The van der Waals surface area contributed by atoms with Crippen LogP contribution in [0, 0.1) is 23.7 Å². The van der Waals surface area contributed by atoms with E-state index in [9.17, 15) is 20.4 Å². The van der Waals surface area contributed by atoms with Crippen LogP contribution in [0.3, 0.4) is 0 Å². The molecule has 1 aliphatic rings. The summed E-state index contributed by atoms with van der Waals surface area (Å²) in [6, 6.07) is 0. The molecule has 24 heavy (non-hydrogen) atoms. The second-order valence-electron chi connectivity index (χ2n) is 5.46. The molecular formula is C17H26O7. The van der Waals surface area contributed by atoms with E-state index in [1.807, 2.05) is 0 Å². The molecule has 1 rings (SSSR count). The summed E-state index contributed by atoms with van der Waals surface area (Å²) in [4.78, 5) is 0. The van der Waals surface area contributed by atoms with Gasteiger partial charge in [-0.2, -0.15) is 0 Å². The van der Waals surface area contributed by atoms with Gasteiger partial charge in [0.25, 0.3) is 0 Å². The molecule has 0 spiro atoms. The minimum absolute atomic E-state index is 0.308. The maximum Gasteiger partial charge on any atom is 0.187 e. The maximum absolute atomic E-state index is 9.89. The highest BCUT2D eigenvalue weighted by Gasteiger charge is 2.44. The lowest BCUT2D eigenvalue weighted by molar-refractivity contribution is -0.313. The summed E-state index contributed by atoms with van der Waals surface area (Å²) in [6.07, 6.45) is -5.04. The summed E-state index contributed by atoms with van der Waals surface area (Å²) >= 11 is 0. The molecule has 7 nitrogen and oxygen atoms in total. The topological polar surface area (TPSA) is 120 Å². The molecule has 1 heterocycles. The smallest absolute Gasteiger partial charge is 0.187 e. The van der Waals surface area contributed by atoms with Crippen LogP contribution in [0.15, 0.2) is 0 Å². The molecule has 0 bridgehead atoms. The maximum atomic E-state index is 9.89. The predicted molar refractivity (Wildman–Crippen MR) is 85.4 cm³/mol. The van der Waals surface area contributed by atoms with Crippen LogP contribution in [0.25, 0.3) is 0 Å². The molecule has 136 valence electrons. The van der Waals surface area contributed by atoms with E-state index in [2.05, 4.69) is 23.7 Å². The standard InChI is InChI=1S/C17H26O7/c1-2-3-4-5-6-7-8-9-12(10-18)23-17-16(22)15(21)14(20)13(11-19)24-17/h12-22H,4-5,8-11H2,1H3. The second-order valence-corrected chi connectivity index (χ2v) is 5.46. The molecular weight excluding hydrogens is 316 g/mol. The van der Waals surface area contributed by atoms with E-state index in [4.69, 9.17) is 14.6 Å². The zero-order valence-corrected chi connectivity index (χ0v) is 13.8. The highest BCUT2D eigenvalue weighted by Crippen LogP contribution is 2.23. The first-order valence-corrected chi connectivity index (χ1v) is 7.97. The van der Waals surface area contributed by atoms with E-state index in [-0.39, 0.29) is 6.61 Å². The fourth-order valence-corrected chi connectivity index (χ4v) is 2.23. The molecule has 6 unspecified atom stereocenters. The monoisotopic (exact) mass is 342 g/mol. The van der Waals surface area contributed by atoms with Gasteiger partial charge in [-0.25, -0.2) is 0 Å². The quantitative estimate of drug-likeness (QED) is 0.290. The Morgan fingerprint density at radius 1 is 0.958 bits per heavy atom. The van der Waals surface area contributed by atoms with Crippen molar-refractivity contribution in [3.8, 4) is 23.7 Å². The van der Waals surface area contributed by atoms with E-state index >= 15 is 0 Å². The van der Waals surface area contributed by atoms with Crippen LogP contribution in [0.1, 0.15) is 32.6 Å². The Morgan fingerprint density at radius 3 is 2.25 bits per heavy atom. The fourth-order valence-electron chi connectivity index (χ4n) is 2.23. The molecule has 6 atom stereocenters. The molecule has 0 aromatic carbocycles. The molecule has 7 heteroatoms. The van der Waals surface area contributed by atoms with Gasteiger partial charge in [-0.15, -0.1) is 23.7 Å². The summed E-state index contributed by atoms with van der Waals surface area (Å²) in [6.45, 7) is 0.939. The molecule has 1 aliphatic heterocycles. The normalized spacial score (nSPS) is 30.7. The van der Waals surface area contributed by atoms with Gasteiger partial charge < -0.3 is 35.0 Å². The molecule has 0 amide bonds. The fraction of sp³-hybridized carbons (Fsp3) is 0.765. The Balaban J connectivity index is 2.46. The van der Waals surface area contributed by atoms with Crippen molar-refractivity contribution < 1.29 is 35.0 Å². The van der Waals surface area contributed by atoms with Crippen molar-refractivity contribution in [1.82, 2.24) is 0 Å². The number of aliphatic hydroxyl groups excluding tert-OH is 5. The van der Waals surface area contributed by atoms with Crippen LogP contribution >= 0.6 is 0 Å². The van der Waals surface area contributed by atoms with Crippen molar-refractivity contribution in [3.63, 3.8) is 0 Å². The summed E-state index contributed by atoms with van der Waals surface area (Å²) in [5.74, 6) is 11.6. The van der Waals surface area contributed by atoms with Gasteiger partial charge in [0.2, 0.25) is 0 Å². The van der Waals surface area contributed by atoms with Crippen LogP contribution in [-0.2, 0) is 9.47 Å². The van der Waals surface area contributed by atoms with Gasteiger partial charge >= 0.3 is 0 Å². The van der Waals surface area contributed by atoms with Crippen molar-refractivity contribution in [2.45, 2.75) is 69.4 Å². The first-order valence-electron chi connectivity index (χ1n) is 7.97. The average Bonchev–Trinajstić information content (AvgIpc) is 2.59. The number of aliphatic hydroxyl groups is 5. The lowest BCUT2D eigenvalue weighted by Gasteiger charge is -2.40. The lowest BCUT2D eigenvalue weighted by atomic mass is 9.99. The Bertz CT molecular complexity index is 471. The minimum Gasteiger partial charge on any atom is -0.394 e. The van der Waals surface area contributed by atoms with E-state index in [0.717, 1.165) is 0 Å². The molecule has 0 aliphatic carbocycles. The van der Waals surface area contributed by atoms with Crippen LogP contribution in [0.5, 0.6) is 0 Å². The van der Waals surface area contributed by atoms with Gasteiger partial charge in [-0.3, -0.25) is 0 Å². The molecule has 5 N–H and O–H groups in total. The first-order chi connectivity index (χ1) is 11.5. The van der Waals surface area contributed by atoms with E-state index in [1.54, 1.807) is 6.92 Å². The third-order valence-corrected chi connectivity index (χ3v) is 3.65. The number of hydrogen-bond acceptors (Lipinski definition) is 7. The Labute approximate surface area is 142 Å². The number of rotatable bonds is 7. The van der Waals surface area contributed by atoms with E-state index in [1.165, 1.54) is 0 Å². The third kappa shape index (κ3) is 6.39. The average molecular weight is 342 g/mol. The summed E-state index contributed by atoms with van der Waals surface area (Å²) < 4.78 is 10.7. The number of hydrogen-bond donors (Lipinski definition) is 5. The second kappa shape index (κ2) is 11.4. The summed E-state index contributed by atoms with van der Waals surface area (Å²) in [7, 11) is 0. The van der Waals surface area contributed by atoms with E-state index < -0.39 is 43.4 Å². The van der Waals surface area contributed by atoms with Crippen molar-refractivity contribution in [2.24, 2.45) is 0 Å². The Morgan fingerprint density at radius 2 is 1.62 bits per heavy atom. The van der Waals surface area contributed by atoms with Crippen molar-refractivity contribution >= 4 is 0 Å². The highest BCUT2D eigenvalue weighted by molar-refractivity contribution is 5.04. The molecule has 0 saturated carbocycles. The number of unbranched alkanes of at least 4 members (excludes halogenated alkanes) is 1. The van der Waals surface area contributed by atoms with Gasteiger partial charge in [0.05, 0.1) is 19.3 Å². The summed E-state index contributed by atoms with van der Waals surface area (Å²) in [5, 5.41) is 47.8. The number of ether oxygens (including phenoxy) is 2. The van der Waals surface area contributed by atoms with Gasteiger partial charge in [0.15, 0.2) is 6.29 Å².